The van der Waals surface area contributed by atoms with Crippen LogP contribution < -0.4 is 10.6 Å². The smallest absolute Gasteiger partial charge is 0.175 e. The maximum atomic E-state index is 13.1. The van der Waals surface area contributed by atoms with Gasteiger partial charge < -0.3 is 10.6 Å². The van der Waals surface area contributed by atoms with E-state index in [2.05, 4.69) is 10.6 Å². The van der Waals surface area contributed by atoms with E-state index >= 15 is 0 Å². The zero-order chi connectivity index (χ0) is 14.7. The molecule has 0 amide bonds. The summed E-state index contributed by atoms with van der Waals surface area (Å²) < 4.78 is 26.1. The fraction of sp³-hybridized carbons (Fsp3) is 0.0714. The van der Waals surface area contributed by atoms with E-state index in [1.54, 1.807) is 18.2 Å². The van der Waals surface area contributed by atoms with E-state index < -0.39 is 11.6 Å². The van der Waals surface area contributed by atoms with Crippen molar-refractivity contribution >= 4 is 40.3 Å². The highest BCUT2D eigenvalue weighted by atomic mass is 35.5. The van der Waals surface area contributed by atoms with Crippen LogP contribution in [0, 0.1) is 18.6 Å². The van der Waals surface area contributed by atoms with Gasteiger partial charge in [-0.05, 0) is 49.0 Å². The molecule has 0 unspecified atom stereocenters. The van der Waals surface area contributed by atoms with Crippen LogP contribution in [0.5, 0.6) is 0 Å². The first kappa shape index (κ1) is 14.7. The maximum Gasteiger partial charge on any atom is 0.175 e. The molecule has 0 saturated heterocycles. The van der Waals surface area contributed by atoms with Crippen molar-refractivity contribution in [1.82, 2.24) is 0 Å². The zero-order valence-electron chi connectivity index (χ0n) is 10.5. The van der Waals surface area contributed by atoms with Crippen molar-refractivity contribution in [2.45, 2.75) is 6.92 Å². The third-order valence-electron chi connectivity index (χ3n) is 2.64. The molecule has 6 heteroatoms. The standard InChI is InChI=1S/C14H11ClF2N2S/c1-8-12(15)3-2-4-13(8)19-14(20)18-11-6-9(16)5-10(17)7-11/h2-7H,1H3,(H2,18,19,20). The normalized spacial score (nSPS) is 10.2. The zero-order valence-corrected chi connectivity index (χ0v) is 12.1. The monoisotopic (exact) mass is 312 g/mol. The maximum absolute atomic E-state index is 13.1. The molecular weight excluding hydrogens is 302 g/mol. The number of halogens is 3. The average molecular weight is 313 g/mol. The van der Waals surface area contributed by atoms with E-state index in [-0.39, 0.29) is 10.8 Å². The lowest BCUT2D eigenvalue weighted by molar-refractivity contribution is 0.584. The molecule has 0 radical (unpaired) electrons. The molecule has 104 valence electrons. The van der Waals surface area contributed by atoms with E-state index in [9.17, 15) is 8.78 Å². The van der Waals surface area contributed by atoms with Crippen LogP contribution in [0.2, 0.25) is 5.02 Å². The number of hydrogen-bond donors (Lipinski definition) is 2. The Balaban J connectivity index is 2.11. The summed E-state index contributed by atoms with van der Waals surface area (Å²) in [5.74, 6) is -1.34. The van der Waals surface area contributed by atoms with Gasteiger partial charge in [-0.2, -0.15) is 0 Å². The van der Waals surface area contributed by atoms with Crippen molar-refractivity contribution < 1.29 is 8.78 Å². The van der Waals surface area contributed by atoms with Crippen LogP contribution in [-0.2, 0) is 0 Å². The van der Waals surface area contributed by atoms with Crippen molar-refractivity contribution in [2.24, 2.45) is 0 Å². The first-order valence-corrected chi connectivity index (χ1v) is 6.53. The van der Waals surface area contributed by atoms with E-state index in [4.69, 9.17) is 23.8 Å². The minimum absolute atomic E-state index is 0.223. The summed E-state index contributed by atoms with van der Waals surface area (Å²) in [5, 5.41) is 6.47. The topological polar surface area (TPSA) is 24.1 Å². The highest BCUT2D eigenvalue weighted by Gasteiger charge is 2.06. The molecule has 0 aliphatic rings. The van der Waals surface area contributed by atoms with Gasteiger partial charge in [0.15, 0.2) is 5.11 Å². The fourth-order valence-corrected chi connectivity index (χ4v) is 2.06. The molecule has 2 N–H and O–H groups in total. The Bertz CT molecular complexity index is 641. The number of hydrogen-bond acceptors (Lipinski definition) is 1. The van der Waals surface area contributed by atoms with Crippen LogP contribution in [0.15, 0.2) is 36.4 Å². The molecule has 0 heterocycles. The van der Waals surface area contributed by atoms with Gasteiger partial charge in [-0.3, -0.25) is 0 Å². The fourth-order valence-electron chi connectivity index (χ4n) is 1.65. The Morgan fingerprint density at radius 1 is 1.10 bits per heavy atom. The van der Waals surface area contributed by atoms with Crippen LogP contribution >= 0.6 is 23.8 Å². The molecule has 2 aromatic carbocycles. The quantitative estimate of drug-likeness (QED) is 0.784. The first-order valence-electron chi connectivity index (χ1n) is 5.75. The number of nitrogens with one attached hydrogen (secondary N) is 2. The molecule has 20 heavy (non-hydrogen) atoms. The van der Waals surface area contributed by atoms with Crippen LogP contribution in [0.1, 0.15) is 5.56 Å². The lowest BCUT2D eigenvalue weighted by Gasteiger charge is -2.13. The highest BCUT2D eigenvalue weighted by molar-refractivity contribution is 7.80. The predicted molar refractivity (Wildman–Crippen MR) is 82.4 cm³/mol. The number of thiocarbonyl (C=S) groups is 1. The molecule has 0 bridgehead atoms. The Morgan fingerprint density at radius 2 is 1.75 bits per heavy atom. The predicted octanol–water partition coefficient (Wildman–Crippen LogP) is 4.74. The Labute approximate surface area is 125 Å². The van der Waals surface area contributed by atoms with Gasteiger partial charge in [0, 0.05) is 22.5 Å². The molecule has 2 nitrogen and oxygen atoms in total. The minimum atomic E-state index is -0.672. The largest absolute Gasteiger partial charge is 0.332 e. The number of anilines is 2. The van der Waals surface area contributed by atoms with Gasteiger partial charge in [-0.25, -0.2) is 8.78 Å². The average Bonchev–Trinajstić information content (AvgIpc) is 2.33. The summed E-state index contributed by atoms with van der Waals surface area (Å²) in [6, 6.07) is 8.45. The lowest BCUT2D eigenvalue weighted by atomic mass is 10.2. The summed E-state index contributed by atoms with van der Waals surface area (Å²) in [6.07, 6.45) is 0. The van der Waals surface area contributed by atoms with Crippen molar-refractivity contribution in [2.75, 3.05) is 10.6 Å². The van der Waals surface area contributed by atoms with Gasteiger partial charge in [0.1, 0.15) is 11.6 Å². The third-order valence-corrected chi connectivity index (χ3v) is 3.25. The van der Waals surface area contributed by atoms with Crippen LogP contribution in [0.25, 0.3) is 0 Å². The molecule has 0 fully saturated rings. The Hall–Kier alpha value is -1.72. The number of benzene rings is 2. The van der Waals surface area contributed by atoms with Gasteiger partial charge in [0.05, 0.1) is 0 Å². The van der Waals surface area contributed by atoms with E-state index in [1.807, 2.05) is 6.92 Å². The van der Waals surface area contributed by atoms with Gasteiger partial charge >= 0.3 is 0 Å². The molecule has 2 rings (SSSR count). The summed E-state index contributed by atoms with van der Waals surface area (Å²) in [7, 11) is 0. The van der Waals surface area contributed by atoms with Gasteiger partial charge in [-0.1, -0.05) is 17.7 Å². The van der Waals surface area contributed by atoms with Crippen molar-refractivity contribution in [3.8, 4) is 0 Å². The van der Waals surface area contributed by atoms with Crippen LogP contribution in [-0.4, -0.2) is 5.11 Å². The Kier molecular flexibility index (Phi) is 4.52. The second-order valence-electron chi connectivity index (χ2n) is 4.15. The van der Waals surface area contributed by atoms with E-state index in [0.717, 1.165) is 29.4 Å². The van der Waals surface area contributed by atoms with Crippen molar-refractivity contribution in [3.05, 3.63) is 58.6 Å². The Morgan fingerprint density at radius 3 is 2.40 bits per heavy atom. The van der Waals surface area contributed by atoms with Gasteiger partial charge in [0.25, 0.3) is 0 Å². The first-order chi connectivity index (χ1) is 9.45. The lowest BCUT2D eigenvalue weighted by Crippen LogP contribution is -2.19. The van der Waals surface area contributed by atoms with Crippen molar-refractivity contribution in [3.63, 3.8) is 0 Å². The van der Waals surface area contributed by atoms with Gasteiger partial charge in [0.2, 0.25) is 0 Å². The van der Waals surface area contributed by atoms with Crippen LogP contribution in [0.4, 0.5) is 20.2 Å². The number of rotatable bonds is 2. The highest BCUT2D eigenvalue weighted by Crippen LogP contribution is 2.23. The molecular formula is C14H11ClF2N2S. The molecule has 0 spiro atoms. The van der Waals surface area contributed by atoms with Crippen molar-refractivity contribution in [1.29, 1.82) is 0 Å². The third kappa shape index (κ3) is 3.65. The van der Waals surface area contributed by atoms with E-state index in [0.29, 0.717) is 5.02 Å². The SMILES string of the molecule is Cc1c(Cl)cccc1NC(=S)Nc1cc(F)cc(F)c1. The molecule has 2 aromatic rings. The van der Waals surface area contributed by atoms with E-state index in [1.165, 1.54) is 0 Å². The summed E-state index contributed by atoms with van der Waals surface area (Å²) in [5.41, 5.74) is 1.80. The van der Waals surface area contributed by atoms with Crippen LogP contribution in [0.3, 0.4) is 0 Å². The molecule has 0 aliphatic heterocycles. The molecule has 0 aromatic heterocycles. The molecule has 0 atom stereocenters. The molecule has 0 saturated carbocycles. The second-order valence-corrected chi connectivity index (χ2v) is 4.97. The minimum Gasteiger partial charge on any atom is -0.332 e. The summed E-state index contributed by atoms with van der Waals surface area (Å²) >= 11 is 11.1. The summed E-state index contributed by atoms with van der Waals surface area (Å²) in [6.45, 7) is 1.84. The molecule has 0 aliphatic carbocycles. The summed E-state index contributed by atoms with van der Waals surface area (Å²) in [4.78, 5) is 0. The second kappa shape index (κ2) is 6.15. The van der Waals surface area contributed by atoms with Gasteiger partial charge in [-0.15, -0.1) is 0 Å².